The van der Waals surface area contributed by atoms with E-state index in [4.69, 9.17) is 14.2 Å². The van der Waals surface area contributed by atoms with Gasteiger partial charge in [0.1, 0.15) is 5.75 Å². The van der Waals surface area contributed by atoms with E-state index in [1.165, 1.54) is 7.11 Å². The number of aromatic nitrogens is 1. The van der Waals surface area contributed by atoms with Gasteiger partial charge >= 0.3 is 5.97 Å². The SMILES string of the molecule is COc1ccc(C(=O)Oc2ccc(/C=C/c3ccncc3)cc2)cc1OC. The molecule has 5 nitrogen and oxygen atoms in total. The minimum Gasteiger partial charge on any atom is -0.493 e. The highest BCUT2D eigenvalue weighted by molar-refractivity contribution is 5.91. The van der Waals surface area contributed by atoms with Crippen LogP contribution in [0.15, 0.2) is 67.0 Å². The van der Waals surface area contributed by atoms with E-state index in [-0.39, 0.29) is 0 Å². The van der Waals surface area contributed by atoms with E-state index < -0.39 is 5.97 Å². The lowest BCUT2D eigenvalue weighted by molar-refractivity contribution is 0.0734. The number of esters is 1. The molecule has 5 heteroatoms. The minimum atomic E-state index is -0.462. The van der Waals surface area contributed by atoms with Crippen molar-refractivity contribution < 1.29 is 19.0 Å². The minimum absolute atomic E-state index is 0.384. The van der Waals surface area contributed by atoms with Gasteiger partial charge in [-0.25, -0.2) is 4.79 Å². The van der Waals surface area contributed by atoms with Crippen LogP contribution in [0, 0.1) is 0 Å². The molecular weight excluding hydrogens is 342 g/mol. The van der Waals surface area contributed by atoms with Gasteiger partial charge in [-0.1, -0.05) is 24.3 Å². The van der Waals surface area contributed by atoms with Crippen LogP contribution < -0.4 is 14.2 Å². The summed E-state index contributed by atoms with van der Waals surface area (Å²) in [5, 5.41) is 0. The van der Waals surface area contributed by atoms with Gasteiger partial charge in [0.15, 0.2) is 11.5 Å². The number of rotatable bonds is 6. The van der Waals surface area contributed by atoms with Crippen molar-refractivity contribution in [3.05, 3.63) is 83.7 Å². The predicted molar refractivity (Wildman–Crippen MR) is 104 cm³/mol. The predicted octanol–water partition coefficient (Wildman–Crippen LogP) is 4.49. The highest BCUT2D eigenvalue weighted by Gasteiger charge is 2.12. The number of ether oxygens (including phenoxy) is 3. The van der Waals surface area contributed by atoms with Crippen molar-refractivity contribution in [2.24, 2.45) is 0 Å². The zero-order chi connectivity index (χ0) is 19.1. The van der Waals surface area contributed by atoms with E-state index in [0.29, 0.717) is 22.8 Å². The molecule has 0 spiro atoms. The van der Waals surface area contributed by atoms with Crippen molar-refractivity contribution in [2.45, 2.75) is 0 Å². The normalized spacial score (nSPS) is 10.6. The fourth-order valence-electron chi connectivity index (χ4n) is 2.44. The van der Waals surface area contributed by atoms with Crippen molar-refractivity contribution in [3.8, 4) is 17.2 Å². The molecule has 0 aliphatic heterocycles. The molecular formula is C22H19NO4. The Labute approximate surface area is 157 Å². The molecule has 2 aromatic carbocycles. The molecule has 0 aliphatic carbocycles. The summed E-state index contributed by atoms with van der Waals surface area (Å²) in [6, 6.07) is 16.0. The van der Waals surface area contributed by atoms with Crippen molar-refractivity contribution >= 4 is 18.1 Å². The van der Waals surface area contributed by atoms with E-state index >= 15 is 0 Å². The van der Waals surface area contributed by atoms with Crippen molar-refractivity contribution in [1.29, 1.82) is 0 Å². The van der Waals surface area contributed by atoms with E-state index in [1.807, 2.05) is 36.4 Å². The molecule has 0 atom stereocenters. The third-order valence-electron chi connectivity index (χ3n) is 3.88. The zero-order valence-corrected chi connectivity index (χ0v) is 15.1. The highest BCUT2D eigenvalue weighted by Crippen LogP contribution is 2.28. The first-order chi connectivity index (χ1) is 13.2. The van der Waals surface area contributed by atoms with Crippen LogP contribution in [0.3, 0.4) is 0 Å². The topological polar surface area (TPSA) is 57.7 Å². The van der Waals surface area contributed by atoms with E-state index in [2.05, 4.69) is 4.98 Å². The summed E-state index contributed by atoms with van der Waals surface area (Å²) in [6.07, 6.45) is 7.47. The molecule has 0 saturated carbocycles. The van der Waals surface area contributed by atoms with Crippen LogP contribution in [-0.4, -0.2) is 25.2 Å². The summed E-state index contributed by atoms with van der Waals surface area (Å²) >= 11 is 0. The Morgan fingerprint density at radius 3 is 2.07 bits per heavy atom. The quantitative estimate of drug-likeness (QED) is 0.478. The second-order valence-electron chi connectivity index (χ2n) is 5.64. The highest BCUT2D eigenvalue weighted by atomic mass is 16.5. The van der Waals surface area contributed by atoms with Gasteiger partial charge in [0.05, 0.1) is 19.8 Å². The maximum atomic E-state index is 12.3. The lowest BCUT2D eigenvalue weighted by atomic mass is 10.1. The monoisotopic (exact) mass is 361 g/mol. The van der Waals surface area contributed by atoms with Crippen molar-refractivity contribution in [1.82, 2.24) is 4.98 Å². The molecule has 3 aromatic rings. The Morgan fingerprint density at radius 2 is 1.44 bits per heavy atom. The first kappa shape index (κ1) is 18.2. The molecule has 0 bridgehead atoms. The number of carbonyl (C=O) groups excluding carboxylic acids is 1. The second-order valence-corrected chi connectivity index (χ2v) is 5.64. The van der Waals surface area contributed by atoms with Crippen LogP contribution >= 0.6 is 0 Å². The van der Waals surface area contributed by atoms with Crippen molar-refractivity contribution in [2.75, 3.05) is 14.2 Å². The summed E-state index contributed by atoms with van der Waals surface area (Å²) in [4.78, 5) is 16.3. The third-order valence-corrected chi connectivity index (χ3v) is 3.88. The molecule has 0 aliphatic rings. The second kappa shape index (κ2) is 8.67. The van der Waals surface area contributed by atoms with Crippen LogP contribution in [-0.2, 0) is 0 Å². The summed E-state index contributed by atoms with van der Waals surface area (Å²) in [5.74, 6) is 1.04. The molecule has 0 amide bonds. The van der Waals surface area contributed by atoms with E-state index in [1.54, 1.807) is 49.8 Å². The van der Waals surface area contributed by atoms with Gasteiger partial charge in [-0.05, 0) is 53.6 Å². The van der Waals surface area contributed by atoms with E-state index in [0.717, 1.165) is 11.1 Å². The maximum absolute atomic E-state index is 12.3. The van der Waals surface area contributed by atoms with Gasteiger partial charge < -0.3 is 14.2 Å². The average molecular weight is 361 g/mol. The smallest absolute Gasteiger partial charge is 0.343 e. The third kappa shape index (κ3) is 4.73. The number of pyridine rings is 1. The molecule has 27 heavy (non-hydrogen) atoms. The lowest BCUT2D eigenvalue weighted by Crippen LogP contribution is -2.08. The average Bonchev–Trinajstić information content (AvgIpc) is 2.73. The molecule has 1 heterocycles. The van der Waals surface area contributed by atoms with Gasteiger partial charge in [-0.3, -0.25) is 4.98 Å². The molecule has 136 valence electrons. The fourth-order valence-corrected chi connectivity index (χ4v) is 2.44. The Hall–Kier alpha value is -3.60. The van der Waals surface area contributed by atoms with Gasteiger partial charge in [-0.2, -0.15) is 0 Å². The van der Waals surface area contributed by atoms with E-state index in [9.17, 15) is 4.79 Å². The van der Waals surface area contributed by atoms with Crippen LogP contribution in [0.1, 0.15) is 21.5 Å². The molecule has 0 fully saturated rings. The first-order valence-corrected chi connectivity index (χ1v) is 8.32. The standard InChI is InChI=1S/C22H19NO4/c1-25-20-10-7-18(15-21(20)26-2)22(24)27-19-8-5-16(6-9-19)3-4-17-11-13-23-14-12-17/h3-15H,1-2H3/b4-3+. The maximum Gasteiger partial charge on any atom is 0.343 e. The Balaban J connectivity index is 1.67. The number of carbonyl (C=O) groups is 1. The lowest BCUT2D eigenvalue weighted by Gasteiger charge is -2.09. The largest absolute Gasteiger partial charge is 0.493 e. The fraction of sp³-hybridized carbons (Fsp3) is 0.0909. The summed E-state index contributed by atoms with van der Waals surface area (Å²) in [5.41, 5.74) is 2.45. The molecule has 0 N–H and O–H groups in total. The summed E-state index contributed by atoms with van der Waals surface area (Å²) < 4.78 is 15.8. The number of hydrogen-bond acceptors (Lipinski definition) is 5. The van der Waals surface area contributed by atoms with Crippen LogP contribution in [0.25, 0.3) is 12.2 Å². The summed E-state index contributed by atoms with van der Waals surface area (Å²) in [6.45, 7) is 0. The molecule has 3 rings (SSSR count). The summed E-state index contributed by atoms with van der Waals surface area (Å²) in [7, 11) is 3.06. The molecule has 0 unspecified atom stereocenters. The molecule has 0 radical (unpaired) electrons. The number of benzene rings is 2. The number of nitrogens with zero attached hydrogens (tertiary/aromatic N) is 1. The Morgan fingerprint density at radius 1 is 0.815 bits per heavy atom. The van der Waals surface area contributed by atoms with Gasteiger partial charge in [0.25, 0.3) is 0 Å². The zero-order valence-electron chi connectivity index (χ0n) is 15.1. The number of hydrogen-bond donors (Lipinski definition) is 0. The first-order valence-electron chi connectivity index (χ1n) is 8.32. The Kier molecular flexibility index (Phi) is 5.84. The van der Waals surface area contributed by atoms with Gasteiger partial charge in [0.2, 0.25) is 0 Å². The number of methoxy groups -OCH3 is 2. The van der Waals surface area contributed by atoms with Crippen molar-refractivity contribution in [3.63, 3.8) is 0 Å². The van der Waals surface area contributed by atoms with Crippen LogP contribution in [0.4, 0.5) is 0 Å². The molecule has 1 aromatic heterocycles. The van der Waals surface area contributed by atoms with Crippen LogP contribution in [0.2, 0.25) is 0 Å². The molecule has 0 saturated heterocycles. The van der Waals surface area contributed by atoms with Gasteiger partial charge in [0, 0.05) is 12.4 Å². The van der Waals surface area contributed by atoms with Crippen LogP contribution in [0.5, 0.6) is 17.2 Å². The Bertz CT molecular complexity index is 934. The van der Waals surface area contributed by atoms with Gasteiger partial charge in [-0.15, -0.1) is 0 Å².